The van der Waals surface area contributed by atoms with E-state index in [0.29, 0.717) is 32.1 Å². The summed E-state index contributed by atoms with van der Waals surface area (Å²) in [6, 6.07) is 7.68. The Morgan fingerprint density at radius 2 is 1.92 bits per heavy atom. The molecule has 140 valence electrons. The number of rotatable bonds is 5. The molecule has 1 saturated heterocycles. The van der Waals surface area contributed by atoms with Crippen LogP contribution in [0.3, 0.4) is 0 Å². The van der Waals surface area contributed by atoms with Gasteiger partial charge in [0.15, 0.2) is 0 Å². The van der Waals surface area contributed by atoms with Crippen LogP contribution in [0.1, 0.15) is 5.56 Å². The van der Waals surface area contributed by atoms with Crippen molar-refractivity contribution in [3.05, 3.63) is 52.9 Å². The second-order valence-corrected chi connectivity index (χ2v) is 8.34. The lowest BCUT2D eigenvalue weighted by Crippen LogP contribution is -2.49. The van der Waals surface area contributed by atoms with E-state index in [-0.39, 0.29) is 16.3 Å². The summed E-state index contributed by atoms with van der Waals surface area (Å²) in [5, 5.41) is 0.241. The molecule has 0 aliphatic carbocycles. The zero-order valence-electron chi connectivity index (χ0n) is 14.2. The van der Waals surface area contributed by atoms with Crippen LogP contribution < -0.4 is 9.64 Å². The summed E-state index contributed by atoms with van der Waals surface area (Å²) in [5.74, 6) is -0.455. The Morgan fingerprint density at radius 1 is 1.19 bits per heavy atom. The van der Waals surface area contributed by atoms with Gasteiger partial charge in [0.1, 0.15) is 5.82 Å². The van der Waals surface area contributed by atoms with Crippen LogP contribution >= 0.6 is 11.6 Å². The molecule has 0 radical (unpaired) electrons. The SMILES string of the molecule is COc1ccc(N2CCN(S(=O)(=O)Cc3ccc(Cl)cc3F)CC2)cn1. The molecule has 3 rings (SSSR count). The van der Waals surface area contributed by atoms with Crippen LogP contribution in [0, 0.1) is 5.82 Å². The third kappa shape index (κ3) is 4.25. The van der Waals surface area contributed by atoms with Crippen molar-refractivity contribution in [2.45, 2.75) is 5.75 Å². The number of pyridine rings is 1. The molecule has 0 spiro atoms. The highest BCUT2D eigenvalue weighted by Gasteiger charge is 2.28. The van der Waals surface area contributed by atoms with Gasteiger partial charge < -0.3 is 9.64 Å². The number of hydrogen-bond acceptors (Lipinski definition) is 5. The second kappa shape index (κ2) is 7.77. The lowest BCUT2D eigenvalue weighted by molar-refractivity contribution is 0.383. The number of piperazine rings is 1. The fourth-order valence-electron chi connectivity index (χ4n) is 2.83. The maximum absolute atomic E-state index is 13.9. The van der Waals surface area contributed by atoms with Crippen molar-refractivity contribution in [3.8, 4) is 5.88 Å². The first-order chi connectivity index (χ1) is 12.4. The summed E-state index contributed by atoms with van der Waals surface area (Å²) in [5.41, 5.74) is 1.03. The highest BCUT2D eigenvalue weighted by atomic mass is 35.5. The highest BCUT2D eigenvalue weighted by molar-refractivity contribution is 7.88. The highest BCUT2D eigenvalue weighted by Crippen LogP contribution is 2.22. The fraction of sp³-hybridized carbons (Fsp3) is 0.353. The Labute approximate surface area is 157 Å². The first-order valence-corrected chi connectivity index (χ1v) is 10.0. The van der Waals surface area contributed by atoms with Crippen molar-refractivity contribution in [2.24, 2.45) is 0 Å². The van der Waals surface area contributed by atoms with Gasteiger partial charge in [0.05, 0.1) is 24.7 Å². The van der Waals surface area contributed by atoms with Gasteiger partial charge in [0, 0.05) is 42.8 Å². The van der Waals surface area contributed by atoms with Gasteiger partial charge in [0.25, 0.3) is 0 Å². The summed E-state index contributed by atoms with van der Waals surface area (Å²) < 4.78 is 45.5. The van der Waals surface area contributed by atoms with Crippen molar-refractivity contribution in [2.75, 3.05) is 38.2 Å². The van der Waals surface area contributed by atoms with Gasteiger partial charge in [0.2, 0.25) is 15.9 Å². The molecule has 0 saturated carbocycles. The lowest BCUT2D eigenvalue weighted by atomic mass is 10.2. The average Bonchev–Trinajstić information content (AvgIpc) is 2.64. The molecule has 2 aromatic rings. The minimum absolute atomic E-state index is 0.121. The molecule has 0 bridgehead atoms. The molecule has 1 aromatic carbocycles. The van der Waals surface area contributed by atoms with Crippen LogP contribution in [0.15, 0.2) is 36.5 Å². The van der Waals surface area contributed by atoms with Crippen LogP contribution in [-0.4, -0.2) is 51.0 Å². The van der Waals surface area contributed by atoms with Crippen molar-refractivity contribution in [1.82, 2.24) is 9.29 Å². The van der Waals surface area contributed by atoms with Crippen LogP contribution in [0.4, 0.5) is 10.1 Å². The number of ether oxygens (including phenoxy) is 1. The molecule has 0 amide bonds. The quantitative estimate of drug-likeness (QED) is 0.773. The van der Waals surface area contributed by atoms with E-state index in [9.17, 15) is 12.8 Å². The zero-order valence-corrected chi connectivity index (χ0v) is 15.8. The topological polar surface area (TPSA) is 62.7 Å². The summed E-state index contributed by atoms with van der Waals surface area (Å²) in [6.45, 7) is 1.75. The van der Waals surface area contributed by atoms with Crippen molar-refractivity contribution >= 4 is 27.3 Å². The Hall–Kier alpha value is -1.90. The van der Waals surface area contributed by atoms with E-state index in [1.807, 2.05) is 6.07 Å². The normalized spacial score (nSPS) is 15.9. The van der Waals surface area contributed by atoms with Gasteiger partial charge in [-0.1, -0.05) is 17.7 Å². The average molecular weight is 400 g/mol. The monoisotopic (exact) mass is 399 g/mol. The van der Waals surface area contributed by atoms with Gasteiger partial charge in [-0.25, -0.2) is 17.8 Å². The van der Waals surface area contributed by atoms with E-state index in [0.717, 1.165) is 11.8 Å². The Morgan fingerprint density at radius 3 is 2.50 bits per heavy atom. The van der Waals surface area contributed by atoms with Crippen LogP contribution in [0.25, 0.3) is 0 Å². The van der Waals surface area contributed by atoms with E-state index >= 15 is 0 Å². The summed E-state index contributed by atoms with van der Waals surface area (Å²) in [6.07, 6.45) is 1.70. The van der Waals surface area contributed by atoms with Gasteiger partial charge in [-0.15, -0.1) is 0 Å². The summed E-state index contributed by atoms with van der Waals surface area (Å²) >= 11 is 5.71. The molecule has 6 nitrogen and oxygen atoms in total. The van der Waals surface area contributed by atoms with E-state index in [2.05, 4.69) is 9.88 Å². The third-order valence-electron chi connectivity index (χ3n) is 4.28. The van der Waals surface area contributed by atoms with Crippen LogP contribution in [-0.2, 0) is 15.8 Å². The predicted molar refractivity (Wildman–Crippen MR) is 98.6 cm³/mol. The number of methoxy groups -OCH3 is 1. The minimum Gasteiger partial charge on any atom is -0.481 e. The number of halogens is 2. The number of anilines is 1. The Bertz CT molecular complexity index is 869. The van der Waals surface area contributed by atoms with E-state index in [1.54, 1.807) is 19.4 Å². The number of hydrogen-bond donors (Lipinski definition) is 0. The Kier molecular flexibility index (Phi) is 5.64. The fourth-order valence-corrected chi connectivity index (χ4v) is 4.52. The molecule has 9 heteroatoms. The maximum Gasteiger partial charge on any atom is 0.218 e. The number of sulfonamides is 1. The molecule has 0 unspecified atom stereocenters. The molecule has 26 heavy (non-hydrogen) atoms. The van der Waals surface area contributed by atoms with Gasteiger partial charge >= 0.3 is 0 Å². The summed E-state index contributed by atoms with van der Waals surface area (Å²) in [4.78, 5) is 6.22. The molecule has 1 fully saturated rings. The first kappa shape index (κ1) is 18.9. The van der Waals surface area contributed by atoms with E-state index in [4.69, 9.17) is 16.3 Å². The smallest absolute Gasteiger partial charge is 0.218 e. The van der Waals surface area contributed by atoms with E-state index in [1.165, 1.54) is 16.4 Å². The van der Waals surface area contributed by atoms with Crippen LogP contribution in [0.5, 0.6) is 5.88 Å². The Balaban J connectivity index is 1.64. The molecule has 1 aliphatic rings. The largest absolute Gasteiger partial charge is 0.481 e. The number of benzene rings is 1. The lowest BCUT2D eigenvalue weighted by Gasteiger charge is -2.35. The van der Waals surface area contributed by atoms with Crippen LogP contribution in [0.2, 0.25) is 5.02 Å². The molecular formula is C17H19ClFN3O3S. The standard InChI is InChI=1S/C17H19ClFN3O3S/c1-25-17-5-4-15(11-20-17)21-6-8-22(9-7-21)26(23,24)12-13-2-3-14(18)10-16(13)19/h2-5,10-11H,6-9,12H2,1H3. The van der Waals surface area contributed by atoms with Crippen molar-refractivity contribution in [1.29, 1.82) is 0 Å². The summed E-state index contributed by atoms with van der Waals surface area (Å²) in [7, 11) is -2.05. The first-order valence-electron chi connectivity index (χ1n) is 8.06. The minimum atomic E-state index is -3.60. The predicted octanol–water partition coefficient (Wildman–Crippen LogP) is 2.53. The van der Waals surface area contributed by atoms with Crippen molar-refractivity contribution in [3.63, 3.8) is 0 Å². The molecule has 0 N–H and O–H groups in total. The molecule has 0 atom stereocenters. The molecule has 1 aromatic heterocycles. The molecular weight excluding hydrogens is 381 g/mol. The van der Waals surface area contributed by atoms with Gasteiger partial charge in [-0.3, -0.25) is 0 Å². The molecule has 2 heterocycles. The number of nitrogens with zero attached hydrogens (tertiary/aromatic N) is 3. The van der Waals surface area contributed by atoms with Crippen molar-refractivity contribution < 1.29 is 17.5 Å². The van der Waals surface area contributed by atoms with Gasteiger partial charge in [-0.05, 0) is 18.2 Å². The van der Waals surface area contributed by atoms with E-state index < -0.39 is 15.8 Å². The maximum atomic E-state index is 13.9. The van der Waals surface area contributed by atoms with Gasteiger partial charge in [-0.2, -0.15) is 4.31 Å². The third-order valence-corrected chi connectivity index (χ3v) is 6.34. The number of aromatic nitrogens is 1. The molecule has 1 aliphatic heterocycles. The second-order valence-electron chi connectivity index (χ2n) is 5.94. The zero-order chi connectivity index (χ0) is 18.7.